The zero-order chi connectivity index (χ0) is 24.8. The summed E-state index contributed by atoms with van der Waals surface area (Å²) in [5.41, 5.74) is 3.21. The molecule has 8 nitrogen and oxygen atoms in total. The molecule has 0 saturated heterocycles. The summed E-state index contributed by atoms with van der Waals surface area (Å²) < 4.78 is 21.8. The third-order valence-corrected chi connectivity index (χ3v) is 7.91. The van der Waals surface area contributed by atoms with Gasteiger partial charge in [0.15, 0.2) is 6.29 Å². The molecule has 0 saturated carbocycles. The summed E-state index contributed by atoms with van der Waals surface area (Å²) >= 11 is 0. The molecule has 35 heavy (non-hydrogen) atoms. The number of ether oxygens (including phenoxy) is 1. The van der Waals surface area contributed by atoms with Gasteiger partial charge in [0.2, 0.25) is 5.91 Å². The Balaban J connectivity index is 1.68. The van der Waals surface area contributed by atoms with Crippen molar-refractivity contribution in [1.29, 1.82) is 0 Å². The number of hydrogen-bond acceptors (Lipinski definition) is 6. The van der Waals surface area contributed by atoms with Gasteiger partial charge in [-0.1, -0.05) is 6.92 Å². The largest absolute Gasteiger partial charge is 0.380 e. The van der Waals surface area contributed by atoms with E-state index in [-0.39, 0.29) is 42.9 Å². The van der Waals surface area contributed by atoms with Crippen molar-refractivity contribution in [1.82, 2.24) is 14.9 Å². The summed E-state index contributed by atoms with van der Waals surface area (Å²) in [7, 11) is 0. The molecule has 9 heteroatoms. The second-order valence-corrected chi connectivity index (χ2v) is 9.75. The summed E-state index contributed by atoms with van der Waals surface area (Å²) in [6.45, 7) is 5.06. The Hall–Kier alpha value is -3.14. The maximum Gasteiger partial charge on any atom is 0.257 e. The number of fused-ring (bicyclic) bond motifs is 5. The van der Waals surface area contributed by atoms with Crippen LogP contribution in [0.2, 0.25) is 0 Å². The molecule has 4 heterocycles. The molecule has 2 aliphatic heterocycles. The predicted octanol–water partition coefficient (Wildman–Crippen LogP) is 2.44. The smallest absolute Gasteiger partial charge is 0.257 e. The SMILES string of the molecule is CC[C@]1(O)c2cc3n(c(=O)c2COC1O)Cc1c-3nc2cc(F)c(C)c3c2c1C(NC(C)=O)CC3. The number of hydrogen-bond donors (Lipinski definition) is 3. The third-order valence-electron chi connectivity index (χ3n) is 7.91. The summed E-state index contributed by atoms with van der Waals surface area (Å²) in [6.07, 6.45) is -0.0953. The molecule has 3 aliphatic rings. The highest BCUT2D eigenvalue weighted by Crippen LogP contribution is 2.46. The topological polar surface area (TPSA) is 114 Å². The summed E-state index contributed by atoms with van der Waals surface area (Å²) in [6, 6.07) is 2.82. The number of nitrogens with zero attached hydrogens (tertiary/aromatic N) is 2. The lowest BCUT2D eigenvalue weighted by atomic mass is 9.81. The average molecular weight is 480 g/mol. The van der Waals surface area contributed by atoms with Gasteiger partial charge in [0.25, 0.3) is 5.56 Å². The standard InChI is InChI=1S/C26H26FN3O5/c1-4-26(34)16-7-20-23-14(9-30(20)24(32)15(16)10-35-25(26)33)22-18(28-12(3)31)6-5-13-11(2)17(27)8-19(29-23)21(13)22/h7-8,18,25,33-34H,4-6,9-10H2,1-3H3,(H,28,31)/t18?,25?,26-/m0/s1. The van der Waals surface area contributed by atoms with Crippen LogP contribution in [0.4, 0.5) is 4.39 Å². The zero-order valence-electron chi connectivity index (χ0n) is 19.7. The van der Waals surface area contributed by atoms with Crippen LogP contribution < -0.4 is 10.9 Å². The molecular formula is C26H26FN3O5. The van der Waals surface area contributed by atoms with Gasteiger partial charge in [-0.2, -0.15) is 0 Å². The van der Waals surface area contributed by atoms with E-state index in [9.17, 15) is 24.2 Å². The first-order chi connectivity index (χ1) is 16.7. The minimum atomic E-state index is -1.73. The Morgan fingerprint density at radius 1 is 1.34 bits per heavy atom. The number of amides is 1. The number of carbonyl (C=O) groups is 1. The van der Waals surface area contributed by atoms with Crippen LogP contribution >= 0.6 is 0 Å². The second kappa shape index (κ2) is 7.43. The molecule has 0 fully saturated rings. The van der Waals surface area contributed by atoms with Gasteiger partial charge < -0.3 is 24.8 Å². The van der Waals surface area contributed by atoms with Gasteiger partial charge >= 0.3 is 0 Å². The first kappa shape index (κ1) is 22.3. The van der Waals surface area contributed by atoms with E-state index < -0.39 is 11.9 Å². The third kappa shape index (κ3) is 2.92. The van der Waals surface area contributed by atoms with E-state index in [1.165, 1.54) is 13.0 Å². The number of benzene rings is 1. The molecule has 3 atom stereocenters. The van der Waals surface area contributed by atoms with Crippen molar-refractivity contribution in [3.63, 3.8) is 0 Å². The Bertz CT molecular complexity index is 1510. The van der Waals surface area contributed by atoms with Gasteiger partial charge in [-0.3, -0.25) is 9.59 Å². The lowest BCUT2D eigenvalue weighted by Crippen LogP contribution is -2.47. The molecule has 1 amide bonds. The number of aliphatic hydroxyl groups excluding tert-OH is 1. The lowest BCUT2D eigenvalue weighted by Gasteiger charge is -2.37. The minimum Gasteiger partial charge on any atom is -0.380 e. The van der Waals surface area contributed by atoms with Crippen LogP contribution in [0.25, 0.3) is 22.3 Å². The Labute approximate surface area is 200 Å². The Kier molecular flexibility index (Phi) is 4.74. The summed E-state index contributed by atoms with van der Waals surface area (Å²) in [4.78, 5) is 30.4. The molecule has 0 bridgehead atoms. The zero-order valence-corrected chi connectivity index (χ0v) is 19.7. The Morgan fingerprint density at radius 2 is 2.11 bits per heavy atom. The molecule has 3 N–H and O–H groups in total. The molecule has 6 rings (SSSR count). The molecule has 1 aliphatic carbocycles. The van der Waals surface area contributed by atoms with Gasteiger partial charge in [-0.05, 0) is 48.9 Å². The number of aliphatic hydroxyl groups is 2. The fraction of sp³-hybridized carbons (Fsp3) is 0.423. The van der Waals surface area contributed by atoms with E-state index in [1.54, 1.807) is 24.5 Å². The summed E-state index contributed by atoms with van der Waals surface area (Å²) in [5.74, 6) is -0.511. The van der Waals surface area contributed by atoms with Crippen molar-refractivity contribution < 1.29 is 24.1 Å². The van der Waals surface area contributed by atoms with E-state index in [0.29, 0.717) is 46.4 Å². The van der Waals surface area contributed by atoms with Crippen LogP contribution in [-0.2, 0) is 34.7 Å². The Morgan fingerprint density at radius 3 is 2.83 bits per heavy atom. The molecule has 0 spiro atoms. The number of aryl methyl sites for hydroxylation is 1. The van der Waals surface area contributed by atoms with Crippen molar-refractivity contribution in [3.05, 3.63) is 61.7 Å². The van der Waals surface area contributed by atoms with Crippen molar-refractivity contribution in [2.24, 2.45) is 0 Å². The average Bonchev–Trinajstić information content (AvgIpc) is 3.19. The molecule has 2 aromatic heterocycles. The van der Waals surface area contributed by atoms with E-state index in [0.717, 1.165) is 22.1 Å². The second-order valence-electron chi connectivity index (χ2n) is 9.75. The predicted molar refractivity (Wildman–Crippen MR) is 125 cm³/mol. The normalized spacial score (nSPS) is 24.2. The number of carbonyl (C=O) groups excluding carboxylic acids is 1. The number of pyridine rings is 2. The van der Waals surface area contributed by atoms with E-state index in [2.05, 4.69) is 5.32 Å². The number of aromatic nitrogens is 2. The van der Waals surface area contributed by atoms with E-state index >= 15 is 0 Å². The maximum absolute atomic E-state index is 14.8. The van der Waals surface area contributed by atoms with Crippen LogP contribution in [-0.4, -0.2) is 32.0 Å². The number of halogens is 1. The van der Waals surface area contributed by atoms with Crippen LogP contribution in [0, 0.1) is 12.7 Å². The monoisotopic (exact) mass is 479 g/mol. The number of rotatable bonds is 2. The minimum absolute atomic E-state index is 0.112. The molecular weight excluding hydrogens is 453 g/mol. The van der Waals surface area contributed by atoms with Crippen LogP contribution in [0.15, 0.2) is 16.9 Å². The molecule has 0 radical (unpaired) electrons. The molecule has 1 aromatic carbocycles. The maximum atomic E-state index is 14.8. The van der Waals surface area contributed by atoms with Crippen LogP contribution in [0.3, 0.4) is 0 Å². The van der Waals surface area contributed by atoms with E-state index in [4.69, 9.17) is 9.72 Å². The fourth-order valence-electron chi connectivity index (χ4n) is 6.06. The van der Waals surface area contributed by atoms with Crippen molar-refractivity contribution in [2.45, 2.75) is 71.1 Å². The molecule has 182 valence electrons. The van der Waals surface area contributed by atoms with E-state index in [1.807, 2.05) is 0 Å². The molecule has 2 unspecified atom stereocenters. The van der Waals surface area contributed by atoms with Gasteiger partial charge in [0.1, 0.15) is 11.4 Å². The molecule has 3 aromatic rings. The first-order valence-corrected chi connectivity index (χ1v) is 11.9. The van der Waals surface area contributed by atoms with Crippen molar-refractivity contribution in [3.8, 4) is 11.4 Å². The van der Waals surface area contributed by atoms with Gasteiger partial charge in [-0.25, -0.2) is 9.37 Å². The highest BCUT2D eigenvalue weighted by Gasteiger charge is 2.45. The highest BCUT2D eigenvalue weighted by molar-refractivity contribution is 5.93. The first-order valence-electron chi connectivity index (χ1n) is 11.9. The van der Waals surface area contributed by atoms with Gasteiger partial charge in [-0.15, -0.1) is 0 Å². The van der Waals surface area contributed by atoms with Gasteiger partial charge in [0.05, 0.1) is 36.1 Å². The highest BCUT2D eigenvalue weighted by atomic mass is 19.1. The van der Waals surface area contributed by atoms with Crippen molar-refractivity contribution >= 4 is 16.8 Å². The summed E-state index contributed by atoms with van der Waals surface area (Å²) in [5, 5.41) is 25.4. The fourth-order valence-corrected chi connectivity index (χ4v) is 6.06. The van der Waals surface area contributed by atoms with Crippen molar-refractivity contribution in [2.75, 3.05) is 0 Å². The van der Waals surface area contributed by atoms with Crippen LogP contribution in [0.5, 0.6) is 0 Å². The van der Waals surface area contributed by atoms with Gasteiger partial charge in [0, 0.05) is 35.1 Å². The van der Waals surface area contributed by atoms with Crippen LogP contribution in [0.1, 0.15) is 66.1 Å². The number of nitrogens with one attached hydrogen (secondary N) is 1. The lowest BCUT2D eigenvalue weighted by molar-refractivity contribution is -0.236. The quantitative estimate of drug-likeness (QED) is 0.407.